The van der Waals surface area contributed by atoms with Gasteiger partial charge in [-0.3, -0.25) is 9.18 Å². The van der Waals surface area contributed by atoms with E-state index >= 15 is 0 Å². The van der Waals surface area contributed by atoms with Crippen LogP contribution in [0, 0.1) is 5.92 Å². The Morgan fingerprint density at radius 3 is 2.31 bits per heavy atom. The second-order valence-electron chi connectivity index (χ2n) is 4.47. The third kappa shape index (κ3) is 6.77. The average molecular weight is 232 g/mol. The SMILES string of the molecule is CC(C)CNCC(=O)N1CCCCC1.CF. The molecular weight excluding hydrogens is 207 g/mol. The van der Waals surface area contributed by atoms with Gasteiger partial charge < -0.3 is 10.2 Å². The van der Waals surface area contributed by atoms with Crippen LogP contribution in [0.4, 0.5) is 4.39 Å². The summed E-state index contributed by atoms with van der Waals surface area (Å²) in [5.74, 6) is 0.884. The van der Waals surface area contributed by atoms with Gasteiger partial charge in [-0.25, -0.2) is 0 Å². The minimum Gasteiger partial charge on any atom is -0.342 e. The van der Waals surface area contributed by atoms with Gasteiger partial charge >= 0.3 is 0 Å². The smallest absolute Gasteiger partial charge is 0.236 e. The van der Waals surface area contributed by atoms with Gasteiger partial charge in [-0.2, -0.15) is 0 Å². The summed E-state index contributed by atoms with van der Waals surface area (Å²) >= 11 is 0. The monoisotopic (exact) mass is 232 g/mol. The van der Waals surface area contributed by atoms with Gasteiger partial charge in [-0.15, -0.1) is 0 Å². The summed E-state index contributed by atoms with van der Waals surface area (Å²) in [4.78, 5) is 13.6. The van der Waals surface area contributed by atoms with E-state index in [0.717, 1.165) is 19.6 Å². The molecule has 1 aliphatic rings. The predicted octanol–water partition coefficient (Wildman–Crippen LogP) is 1.83. The highest BCUT2D eigenvalue weighted by atomic mass is 19.1. The number of hydrogen-bond acceptors (Lipinski definition) is 2. The van der Waals surface area contributed by atoms with Gasteiger partial charge in [0.25, 0.3) is 0 Å². The molecule has 3 nitrogen and oxygen atoms in total. The van der Waals surface area contributed by atoms with Crippen molar-refractivity contribution >= 4 is 5.91 Å². The molecule has 1 N–H and O–H groups in total. The number of amides is 1. The average Bonchev–Trinajstić information content (AvgIpc) is 2.32. The number of alkyl halides is 1. The van der Waals surface area contributed by atoms with E-state index in [1.165, 1.54) is 19.3 Å². The molecule has 1 fully saturated rings. The summed E-state index contributed by atoms with van der Waals surface area (Å²) in [6, 6.07) is 0. The minimum atomic E-state index is 0.269. The van der Waals surface area contributed by atoms with Crippen molar-refractivity contribution in [3.63, 3.8) is 0 Å². The molecule has 0 aromatic rings. The maximum atomic E-state index is 11.6. The number of carbonyl (C=O) groups is 1. The molecule has 0 aromatic heterocycles. The van der Waals surface area contributed by atoms with Crippen molar-refractivity contribution in [2.24, 2.45) is 5.92 Å². The maximum Gasteiger partial charge on any atom is 0.236 e. The van der Waals surface area contributed by atoms with Crippen LogP contribution in [0.1, 0.15) is 33.1 Å². The van der Waals surface area contributed by atoms with Crippen LogP contribution in [0.2, 0.25) is 0 Å². The molecule has 0 radical (unpaired) electrons. The predicted molar refractivity (Wildman–Crippen MR) is 65.2 cm³/mol. The Kier molecular flexibility index (Phi) is 9.19. The molecule has 0 saturated carbocycles. The van der Waals surface area contributed by atoms with Crippen LogP contribution in [0.25, 0.3) is 0 Å². The lowest BCUT2D eigenvalue weighted by molar-refractivity contribution is -0.131. The Bertz CT molecular complexity index is 180. The van der Waals surface area contributed by atoms with E-state index in [2.05, 4.69) is 19.2 Å². The van der Waals surface area contributed by atoms with E-state index in [4.69, 9.17) is 0 Å². The van der Waals surface area contributed by atoms with E-state index in [9.17, 15) is 9.18 Å². The third-order valence-electron chi connectivity index (χ3n) is 2.54. The number of piperidine rings is 1. The number of rotatable bonds is 4. The Hall–Kier alpha value is -0.640. The summed E-state index contributed by atoms with van der Waals surface area (Å²) in [6.45, 7) is 7.67. The number of nitrogens with one attached hydrogen (secondary N) is 1. The normalized spacial score (nSPS) is 15.7. The molecule has 0 spiro atoms. The molecular formula is C12H25FN2O. The van der Waals surface area contributed by atoms with Crippen LogP contribution in [-0.2, 0) is 4.79 Å². The molecule has 96 valence electrons. The maximum absolute atomic E-state index is 11.6. The van der Waals surface area contributed by atoms with Gasteiger partial charge in [-0.1, -0.05) is 13.8 Å². The lowest BCUT2D eigenvalue weighted by Crippen LogP contribution is -2.41. The summed E-state index contributed by atoms with van der Waals surface area (Å²) in [5, 5.41) is 3.19. The number of likely N-dealkylation sites (tertiary alicyclic amines) is 1. The standard InChI is InChI=1S/C11H22N2O.CH3F/c1-10(2)8-12-9-11(14)13-6-4-3-5-7-13;1-2/h10,12H,3-9H2,1-2H3;1H3. The van der Waals surface area contributed by atoms with Crippen molar-refractivity contribution in [1.82, 2.24) is 10.2 Å². The largest absolute Gasteiger partial charge is 0.342 e. The molecule has 0 unspecified atom stereocenters. The van der Waals surface area contributed by atoms with Gasteiger partial charge in [0.15, 0.2) is 0 Å². The number of hydrogen-bond donors (Lipinski definition) is 1. The topological polar surface area (TPSA) is 32.3 Å². The van der Waals surface area contributed by atoms with E-state index in [1.807, 2.05) is 4.90 Å². The quantitative estimate of drug-likeness (QED) is 0.802. The molecule has 0 bridgehead atoms. The van der Waals surface area contributed by atoms with E-state index in [-0.39, 0.29) is 5.91 Å². The zero-order valence-corrected chi connectivity index (χ0v) is 10.8. The summed E-state index contributed by atoms with van der Waals surface area (Å²) in [6.07, 6.45) is 3.63. The van der Waals surface area contributed by atoms with Crippen molar-refractivity contribution < 1.29 is 9.18 Å². The van der Waals surface area contributed by atoms with Gasteiger partial charge in [0, 0.05) is 13.1 Å². The van der Waals surface area contributed by atoms with Crippen molar-refractivity contribution in [1.29, 1.82) is 0 Å². The van der Waals surface area contributed by atoms with Crippen LogP contribution < -0.4 is 5.32 Å². The Balaban J connectivity index is 0.00000106. The first kappa shape index (κ1) is 15.4. The molecule has 4 heteroatoms. The van der Waals surface area contributed by atoms with E-state index in [0.29, 0.717) is 19.6 Å². The Labute approximate surface area is 98.4 Å². The van der Waals surface area contributed by atoms with E-state index < -0.39 is 0 Å². The molecule has 1 amide bonds. The van der Waals surface area contributed by atoms with Crippen LogP contribution in [0.3, 0.4) is 0 Å². The van der Waals surface area contributed by atoms with Gasteiger partial charge in [0.05, 0.1) is 13.7 Å². The van der Waals surface area contributed by atoms with Crippen molar-refractivity contribution in [2.75, 3.05) is 33.4 Å². The molecule has 16 heavy (non-hydrogen) atoms. The lowest BCUT2D eigenvalue weighted by Gasteiger charge is -2.26. The van der Waals surface area contributed by atoms with E-state index in [1.54, 1.807) is 0 Å². The molecule has 1 heterocycles. The van der Waals surface area contributed by atoms with Gasteiger partial charge in [0.1, 0.15) is 0 Å². The highest BCUT2D eigenvalue weighted by Crippen LogP contribution is 2.08. The molecule has 1 rings (SSSR count). The molecule has 0 aliphatic carbocycles. The van der Waals surface area contributed by atoms with Crippen LogP contribution >= 0.6 is 0 Å². The highest BCUT2D eigenvalue weighted by Gasteiger charge is 2.15. The van der Waals surface area contributed by atoms with Crippen molar-refractivity contribution in [2.45, 2.75) is 33.1 Å². The summed E-state index contributed by atoms with van der Waals surface area (Å²) in [7, 11) is 0.500. The fourth-order valence-electron chi connectivity index (χ4n) is 1.72. The van der Waals surface area contributed by atoms with Gasteiger partial charge in [0.2, 0.25) is 5.91 Å². The fraction of sp³-hybridized carbons (Fsp3) is 0.917. The zero-order valence-electron chi connectivity index (χ0n) is 10.8. The minimum absolute atomic E-state index is 0.269. The van der Waals surface area contributed by atoms with Crippen molar-refractivity contribution in [3.8, 4) is 0 Å². The summed E-state index contributed by atoms with van der Waals surface area (Å²) < 4.78 is 9.50. The second-order valence-corrected chi connectivity index (χ2v) is 4.47. The second kappa shape index (κ2) is 9.58. The molecule has 0 aromatic carbocycles. The summed E-state index contributed by atoms with van der Waals surface area (Å²) in [5.41, 5.74) is 0. The van der Waals surface area contributed by atoms with Crippen LogP contribution in [0.5, 0.6) is 0 Å². The molecule has 1 aliphatic heterocycles. The number of carbonyl (C=O) groups excluding carboxylic acids is 1. The molecule has 1 saturated heterocycles. The van der Waals surface area contributed by atoms with Crippen LogP contribution in [0.15, 0.2) is 0 Å². The molecule has 0 atom stereocenters. The highest BCUT2D eigenvalue weighted by molar-refractivity contribution is 5.78. The Morgan fingerprint density at radius 2 is 1.81 bits per heavy atom. The first-order valence-electron chi connectivity index (χ1n) is 6.06. The van der Waals surface area contributed by atoms with Crippen molar-refractivity contribution in [3.05, 3.63) is 0 Å². The van der Waals surface area contributed by atoms with Gasteiger partial charge in [-0.05, 0) is 31.7 Å². The lowest BCUT2D eigenvalue weighted by atomic mass is 10.1. The third-order valence-corrected chi connectivity index (χ3v) is 2.54. The van der Waals surface area contributed by atoms with Crippen LogP contribution in [-0.4, -0.2) is 44.2 Å². The number of nitrogens with zero attached hydrogens (tertiary/aromatic N) is 1. The fourth-order valence-corrected chi connectivity index (χ4v) is 1.72. The Morgan fingerprint density at radius 1 is 1.25 bits per heavy atom. The zero-order chi connectivity index (χ0) is 12.4. The first-order valence-corrected chi connectivity index (χ1v) is 6.06. The number of halogens is 1. The first-order chi connectivity index (χ1) is 7.70.